The highest BCUT2D eigenvalue weighted by Gasteiger charge is 2.58. The zero-order chi connectivity index (χ0) is 42.5. The molecule has 3 aromatic carbocycles. The number of hydrogen-bond donors (Lipinski definition) is 4. The van der Waals surface area contributed by atoms with Crippen molar-refractivity contribution in [3.63, 3.8) is 0 Å². The number of nitrogen functional groups attached to an aromatic ring is 2. The Kier molecular flexibility index (Phi) is 7.90. The molecule has 19 rings (SSSR count). The van der Waals surface area contributed by atoms with Crippen LogP contribution in [0.3, 0.4) is 0 Å². The number of aromatic hydroxyl groups is 2. The van der Waals surface area contributed by atoms with Crippen LogP contribution in [0, 0.1) is 71.0 Å². The molecule has 3 aromatic rings. The molecule has 6 nitrogen and oxygen atoms in total. The SMILES string of the molecule is Nc1cc(C23CC4CC(CC(C4)C2)C3)c(Oc2cc(C34CC5CC(CC(C5)C3)C4)c(Oc3cc(O)c(N)cc3C34CC5CC(CC(C5)C3)C4)cc2C23CC4CC(CC(C4)C2)C3)cc1O. The van der Waals surface area contributed by atoms with Crippen molar-refractivity contribution in [3.05, 3.63) is 58.7 Å². The first-order valence-corrected chi connectivity index (χ1v) is 26.7. The zero-order valence-corrected chi connectivity index (χ0v) is 38.2. The van der Waals surface area contributed by atoms with Gasteiger partial charge in [-0.15, -0.1) is 0 Å². The molecule has 6 heteroatoms. The minimum absolute atomic E-state index is 0.0326. The molecule has 0 radical (unpaired) electrons. The molecule has 0 heterocycles. The molecule has 16 aliphatic carbocycles. The lowest BCUT2D eigenvalue weighted by atomic mass is 9.47. The monoisotopic (exact) mass is 861 g/mol. The van der Waals surface area contributed by atoms with Gasteiger partial charge in [0.2, 0.25) is 0 Å². The first kappa shape index (κ1) is 38.6. The summed E-state index contributed by atoms with van der Waals surface area (Å²) in [5.74, 6) is 13.3. The maximum absolute atomic E-state index is 11.5. The third kappa shape index (κ3) is 5.67. The Morgan fingerprint density at radius 2 is 0.500 bits per heavy atom. The molecule has 16 bridgehead atoms. The van der Waals surface area contributed by atoms with Gasteiger partial charge in [-0.2, -0.15) is 0 Å². The number of benzene rings is 3. The lowest BCUT2D eigenvalue weighted by Gasteiger charge is -2.58. The first-order chi connectivity index (χ1) is 30.9. The number of nitrogens with two attached hydrogens (primary N) is 2. The van der Waals surface area contributed by atoms with Gasteiger partial charge in [0.15, 0.2) is 0 Å². The molecule has 16 saturated carbocycles. The van der Waals surface area contributed by atoms with Crippen molar-refractivity contribution in [2.24, 2.45) is 71.0 Å². The Hall–Kier alpha value is -3.54. The third-order valence-corrected chi connectivity index (χ3v) is 22.2. The quantitative estimate of drug-likeness (QED) is 0.133. The van der Waals surface area contributed by atoms with Gasteiger partial charge in [0.1, 0.15) is 34.5 Å². The molecule has 0 spiro atoms. The summed E-state index contributed by atoms with van der Waals surface area (Å²) in [6.07, 6.45) is 31.2. The molecule has 0 amide bonds. The fourth-order valence-corrected chi connectivity index (χ4v) is 21.7. The highest BCUT2D eigenvalue weighted by atomic mass is 16.5. The van der Waals surface area contributed by atoms with Crippen LogP contribution in [-0.2, 0) is 21.7 Å². The summed E-state index contributed by atoms with van der Waals surface area (Å²) in [6.45, 7) is 0. The molecule has 64 heavy (non-hydrogen) atoms. The van der Waals surface area contributed by atoms with Gasteiger partial charge in [-0.25, -0.2) is 0 Å². The Morgan fingerprint density at radius 1 is 0.312 bits per heavy atom. The predicted molar refractivity (Wildman–Crippen MR) is 251 cm³/mol. The van der Waals surface area contributed by atoms with E-state index in [0.29, 0.717) is 11.4 Å². The van der Waals surface area contributed by atoms with E-state index in [1.807, 2.05) is 12.1 Å². The molecule has 0 aromatic heterocycles. The largest absolute Gasteiger partial charge is 0.506 e. The highest BCUT2D eigenvalue weighted by molar-refractivity contribution is 5.65. The van der Waals surface area contributed by atoms with E-state index in [2.05, 4.69) is 24.3 Å². The van der Waals surface area contributed by atoms with Crippen LogP contribution in [0.4, 0.5) is 11.4 Å². The lowest BCUT2D eigenvalue weighted by molar-refractivity contribution is -0.00913. The van der Waals surface area contributed by atoms with Gasteiger partial charge in [-0.1, -0.05) is 0 Å². The second kappa shape index (κ2) is 13.1. The van der Waals surface area contributed by atoms with Gasteiger partial charge in [0.25, 0.3) is 0 Å². The maximum atomic E-state index is 11.5. The van der Waals surface area contributed by atoms with Gasteiger partial charge >= 0.3 is 0 Å². The van der Waals surface area contributed by atoms with Crippen molar-refractivity contribution >= 4 is 11.4 Å². The normalized spacial score (nSPS) is 45.8. The van der Waals surface area contributed by atoms with Crippen molar-refractivity contribution < 1.29 is 19.7 Å². The molecule has 338 valence electrons. The van der Waals surface area contributed by atoms with E-state index in [9.17, 15) is 10.2 Å². The molecule has 0 atom stereocenters. The fourth-order valence-electron chi connectivity index (χ4n) is 21.7. The van der Waals surface area contributed by atoms with Crippen LogP contribution < -0.4 is 20.9 Å². The molecule has 6 N–H and O–H groups in total. The average molecular weight is 861 g/mol. The lowest BCUT2D eigenvalue weighted by Crippen LogP contribution is -2.49. The van der Waals surface area contributed by atoms with E-state index in [1.165, 1.54) is 176 Å². The average Bonchev–Trinajstić information content (AvgIpc) is 3.21. The van der Waals surface area contributed by atoms with E-state index in [4.69, 9.17) is 20.9 Å². The Balaban J connectivity index is 0.930. The summed E-state index contributed by atoms with van der Waals surface area (Å²) >= 11 is 0. The smallest absolute Gasteiger partial charge is 0.142 e. The van der Waals surface area contributed by atoms with Crippen LogP contribution in [0.25, 0.3) is 0 Å². The molecular weight excluding hydrogens is 789 g/mol. The van der Waals surface area contributed by atoms with E-state index in [1.54, 1.807) is 0 Å². The molecule has 16 fully saturated rings. The van der Waals surface area contributed by atoms with Crippen LogP contribution in [0.5, 0.6) is 34.5 Å². The van der Waals surface area contributed by atoms with Crippen molar-refractivity contribution in [3.8, 4) is 34.5 Å². The summed E-state index contributed by atoms with van der Waals surface area (Å²) in [4.78, 5) is 0. The minimum Gasteiger partial charge on any atom is -0.506 e. The Labute approximate surface area is 381 Å². The second-order valence-corrected chi connectivity index (χ2v) is 26.7. The summed E-state index contributed by atoms with van der Waals surface area (Å²) in [6, 6.07) is 13.2. The molecule has 0 aliphatic heterocycles. The number of anilines is 2. The van der Waals surface area contributed by atoms with Crippen LogP contribution in [-0.4, -0.2) is 10.2 Å². The van der Waals surface area contributed by atoms with Gasteiger partial charge < -0.3 is 31.2 Å². The summed E-state index contributed by atoms with van der Waals surface area (Å²) in [5, 5.41) is 23.0. The summed E-state index contributed by atoms with van der Waals surface area (Å²) in [7, 11) is 0. The maximum Gasteiger partial charge on any atom is 0.142 e. The van der Waals surface area contributed by atoms with Crippen LogP contribution in [0.1, 0.15) is 176 Å². The van der Waals surface area contributed by atoms with E-state index < -0.39 is 0 Å². The van der Waals surface area contributed by atoms with E-state index in [0.717, 1.165) is 94.0 Å². The molecular formula is C58H72N2O4. The number of phenolic OH excluding ortho intramolecular Hbond substituents is 2. The standard InChI is InChI=1S/C58H72N2O4/c59-47-13-43(55-19-31-1-32(20-55)3-33(2-31)21-55)53(17-49(47)61)63-51-15-46(58-28-40-10-41(29-58)12-42(11-40)30-58)52(16-45(51)57-25-37-7-38(26-57)9-39(8-37)27-57)64-54-18-50(62)48(60)14-44(54)56-22-34-4-35(23-56)6-36(5-34)24-56/h13-18,31-42,61-62H,1-12,19-30,59-60H2. The van der Waals surface area contributed by atoms with Crippen molar-refractivity contribution in [2.45, 2.75) is 176 Å². The molecule has 16 aliphatic rings. The highest BCUT2D eigenvalue weighted by Crippen LogP contribution is 2.68. The second-order valence-electron chi connectivity index (χ2n) is 26.7. The van der Waals surface area contributed by atoms with Gasteiger partial charge in [0, 0.05) is 34.4 Å². The number of ether oxygens (including phenoxy) is 2. The fraction of sp³-hybridized carbons (Fsp3) is 0.690. The van der Waals surface area contributed by atoms with E-state index >= 15 is 0 Å². The number of hydrogen-bond acceptors (Lipinski definition) is 6. The van der Waals surface area contributed by atoms with Gasteiger partial charge in [-0.3, -0.25) is 0 Å². The van der Waals surface area contributed by atoms with Crippen LogP contribution >= 0.6 is 0 Å². The van der Waals surface area contributed by atoms with E-state index in [-0.39, 0.29) is 33.2 Å². The number of phenols is 2. The molecule has 0 unspecified atom stereocenters. The Morgan fingerprint density at radius 3 is 0.719 bits per heavy atom. The summed E-state index contributed by atoms with van der Waals surface area (Å²) in [5.41, 5.74) is 19.8. The van der Waals surface area contributed by atoms with Crippen molar-refractivity contribution in [1.82, 2.24) is 0 Å². The number of rotatable bonds is 8. The Bertz CT molecular complexity index is 2150. The minimum atomic E-state index is 0.0326. The third-order valence-electron chi connectivity index (χ3n) is 22.2. The summed E-state index contributed by atoms with van der Waals surface area (Å²) < 4.78 is 15.5. The van der Waals surface area contributed by atoms with Crippen molar-refractivity contribution in [1.29, 1.82) is 0 Å². The van der Waals surface area contributed by atoms with Crippen molar-refractivity contribution in [2.75, 3.05) is 11.5 Å². The molecule has 0 saturated heterocycles. The van der Waals surface area contributed by atoms with Crippen LogP contribution in [0.2, 0.25) is 0 Å². The first-order valence-electron chi connectivity index (χ1n) is 26.7. The zero-order valence-electron chi connectivity index (χ0n) is 38.2. The van der Waals surface area contributed by atoms with Crippen LogP contribution in [0.15, 0.2) is 36.4 Å². The van der Waals surface area contributed by atoms with Gasteiger partial charge in [0.05, 0.1) is 11.4 Å². The predicted octanol–water partition coefficient (Wildman–Crippen LogP) is 13.7. The van der Waals surface area contributed by atoms with Gasteiger partial charge in [-0.05, 0) is 271 Å². The topological polar surface area (TPSA) is 111 Å².